The van der Waals surface area contributed by atoms with Gasteiger partial charge in [-0.25, -0.2) is 28.5 Å². The molecule has 13 heteroatoms. The molecular formula is C16H12F4N8O. The molecule has 29 heavy (non-hydrogen) atoms. The highest BCUT2D eigenvalue weighted by Gasteiger charge is 2.28. The molecule has 0 unspecified atom stereocenters. The standard InChI is InChI=1S/C16H12F4N8O/c17-14(18)13(8-3-1-2-4-21-8)28-15-9(6-23-28)22-7-11(25-15)24-10-5-12(27-26-10)29-16(19)20/h1-7,13-14,16H,(H2,24,25,26,27)/t13-/m0/s1. The number of rotatable bonds is 7. The van der Waals surface area contributed by atoms with Crippen molar-refractivity contribution in [3.63, 3.8) is 0 Å². The Morgan fingerprint density at radius 3 is 2.66 bits per heavy atom. The third kappa shape index (κ3) is 3.93. The first-order valence-electron chi connectivity index (χ1n) is 8.18. The Balaban J connectivity index is 1.66. The fourth-order valence-corrected chi connectivity index (χ4v) is 2.65. The third-order valence-electron chi connectivity index (χ3n) is 3.82. The Labute approximate surface area is 159 Å². The molecule has 4 rings (SSSR count). The van der Waals surface area contributed by atoms with Crippen molar-refractivity contribution in [1.82, 2.24) is 34.9 Å². The van der Waals surface area contributed by atoms with Gasteiger partial charge in [-0.1, -0.05) is 6.07 Å². The molecule has 0 radical (unpaired) electrons. The van der Waals surface area contributed by atoms with Gasteiger partial charge < -0.3 is 10.1 Å². The second kappa shape index (κ2) is 7.69. The summed E-state index contributed by atoms with van der Waals surface area (Å²) >= 11 is 0. The number of halogens is 4. The minimum Gasteiger partial charge on any atom is -0.417 e. The van der Waals surface area contributed by atoms with Crippen molar-refractivity contribution in [1.29, 1.82) is 0 Å². The highest BCUT2D eigenvalue weighted by Crippen LogP contribution is 2.27. The highest BCUT2D eigenvalue weighted by molar-refractivity contribution is 5.72. The molecule has 0 saturated heterocycles. The van der Waals surface area contributed by atoms with Crippen molar-refractivity contribution >= 4 is 22.8 Å². The molecule has 0 aromatic carbocycles. The van der Waals surface area contributed by atoms with Crippen LogP contribution in [-0.4, -0.2) is 48.0 Å². The molecule has 150 valence electrons. The molecule has 4 aromatic heterocycles. The molecule has 0 aliphatic rings. The molecule has 1 atom stereocenters. The normalized spacial score (nSPS) is 12.6. The number of hydrogen-bond donors (Lipinski definition) is 2. The number of aromatic amines is 1. The van der Waals surface area contributed by atoms with E-state index in [9.17, 15) is 17.6 Å². The van der Waals surface area contributed by atoms with Crippen molar-refractivity contribution < 1.29 is 22.3 Å². The van der Waals surface area contributed by atoms with E-state index in [1.807, 2.05) is 0 Å². The van der Waals surface area contributed by atoms with Crippen molar-refractivity contribution in [3.8, 4) is 5.88 Å². The number of fused-ring (bicyclic) bond motifs is 1. The van der Waals surface area contributed by atoms with Crippen LogP contribution in [0.4, 0.5) is 29.2 Å². The number of H-pyrrole nitrogens is 1. The van der Waals surface area contributed by atoms with Crippen molar-refractivity contribution in [3.05, 3.63) is 48.5 Å². The average Bonchev–Trinajstić information content (AvgIpc) is 3.29. The van der Waals surface area contributed by atoms with E-state index in [0.29, 0.717) is 5.52 Å². The van der Waals surface area contributed by atoms with Crippen LogP contribution in [0.5, 0.6) is 5.88 Å². The van der Waals surface area contributed by atoms with Gasteiger partial charge in [0, 0.05) is 12.3 Å². The van der Waals surface area contributed by atoms with E-state index < -0.39 is 19.1 Å². The van der Waals surface area contributed by atoms with Crippen molar-refractivity contribution in [2.75, 3.05) is 5.32 Å². The summed E-state index contributed by atoms with van der Waals surface area (Å²) in [6.45, 7) is -3.01. The predicted molar refractivity (Wildman–Crippen MR) is 92.2 cm³/mol. The van der Waals surface area contributed by atoms with Crippen LogP contribution in [0.2, 0.25) is 0 Å². The summed E-state index contributed by atoms with van der Waals surface area (Å²) < 4.78 is 57.2. The van der Waals surface area contributed by atoms with Crippen LogP contribution in [-0.2, 0) is 0 Å². The number of pyridine rings is 1. The average molecular weight is 408 g/mol. The largest absolute Gasteiger partial charge is 0.417 e. The quantitative estimate of drug-likeness (QED) is 0.453. The van der Waals surface area contributed by atoms with Crippen LogP contribution in [0.15, 0.2) is 42.9 Å². The summed E-state index contributed by atoms with van der Waals surface area (Å²) in [6.07, 6.45) is 1.25. The number of aromatic nitrogens is 7. The molecule has 9 nitrogen and oxygen atoms in total. The lowest BCUT2D eigenvalue weighted by molar-refractivity contribution is -0.0528. The Kier molecular flexibility index (Phi) is 4.93. The van der Waals surface area contributed by atoms with E-state index in [2.05, 4.69) is 40.3 Å². The van der Waals surface area contributed by atoms with Gasteiger partial charge in [0.05, 0.1) is 18.1 Å². The van der Waals surface area contributed by atoms with E-state index in [1.54, 1.807) is 12.1 Å². The van der Waals surface area contributed by atoms with Crippen molar-refractivity contribution in [2.45, 2.75) is 19.1 Å². The molecule has 0 fully saturated rings. The zero-order valence-corrected chi connectivity index (χ0v) is 14.4. The Bertz CT molecular complexity index is 1100. The van der Waals surface area contributed by atoms with Gasteiger partial charge in [-0.05, 0) is 12.1 Å². The summed E-state index contributed by atoms with van der Waals surface area (Å²) in [4.78, 5) is 12.4. The monoisotopic (exact) mass is 408 g/mol. The van der Waals surface area contributed by atoms with Crippen LogP contribution in [0, 0.1) is 0 Å². The predicted octanol–water partition coefficient (Wildman–Crippen LogP) is 3.14. The SMILES string of the molecule is FC(F)Oc1cc(Nc2cnc3cnn([C@@H](c4ccccn4)C(F)F)c3n2)n[nH]1. The maximum absolute atomic E-state index is 13.8. The molecule has 0 saturated carbocycles. The van der Waals surface area contributed by atoms with Crippen LogP contribution in [0.25, 0.3) is 11.2 Å². The molecule has 0 amide bonds. The van der Waals surface area contributed by atoms with E-state index in [1.165, 1.54) is 30.7 Å². The fraction of sp³-hybridized carbons (Fsp3) is 0.188. The molecule has 0 bridgehead atoms. The Hall–Kier alpha value is -3.77. The van der Waals surface area contributed by atoms with Crippen LogP contribution < -0.4 is 10.1 Å². The molecule has 4 aromatic rings. The molecular weight excluding hydrogens is 396 g/mol. The van der Waals surface area contributed by atoms with Crippen LogP contribution >= 0.6 is 0 Å². The first-order valence-corrected chi connectivity index (χ1v) is 8.18. The van der Waals surface area contributed by atoms with Gasteiger partial charge in [-0.2, -0.15) is 19.0 Å². The lowest BCUT2D eigenvalue weighted by atomic mass is 10.2. The highest BCUT2D eigenvalue weighted by atomic mass is 19.3. The van der Waals surface area contributed by atoms with Gasteiger partial charge >= 0.3 is 6.61 Å². The topological polar surface area (TPSA) is 106 Å². The van der Waals surface area contributed by atoms with Gasteiger partial charge in [0.15, 0.2) is 23.3 Å². The number of anilines is 2. The van der Waals surface area contributed by atoms with Gasteiger partial charge in [-0.15, -0.1) is 0 Å². The number of nitrogens with one attached hydrogen (secondary N) is 2. The fourth-order valence-electron chi connectivity index (χ4n) is 2.65. The second-order valence-electron chi connectivity index (χ2n) is 5.71. The van der Waals surface area contributed by atoms with E-state index in [4.69, 9.17) is 0 Å². The maximum Gasteiger partial charge on any atom is 0.388 e. The summed E-state index contributed by atoms with van der Waals surface area (Å²) in [7, 11) is 0. The lowest BCUT2D eigenvalue weighted by Crippen LogP contribution is -2.21. The van der Waals surface area contributed by atoms with Gasteiger partial charge in [0.2, 0.25) is 5.88 Å². The van der Waals surface area contributed by atoms with Gasteiger partial charge in [-0.3, -0.25) is 4.98 Å². The summed E-state index contributed by atoms with van der Waals surface area (Å²) in [5, 5.41) is 12.7. The molecule has 4 heterocycles. The lowest BCUT2D eigenvalue weighted by Gasteiger charge is -2.16. The zero-order chi connectivity index (χ0) is 20.4. The number of ether oxygens (including phenoxy) is 1. The van der Waals surface area contributed by atoms with E-state index in [-0.39, 0.29) is 28.9 Å². The molecule has 0 spiro atoms. The van der Waals surface area contributed by atoms with Gasteiger partial charge in [0.1, 0.15) is 5.52 Å². The minimum absolute atomic E-state index is 0.0885. The Morgan fingerprint density at radius 1 is 1.07 bits per heavy atom. The summed E-state index contributed by atoms with van der Waals surface area (Å²) in [5.74, 6) is 0.00776. The number of hydrogen-bond acceptors (Lipinski definition) is 7. The summed E-state index contributed by atoms with van der Waals surface area (Å²) in [5.41, 5.74) is 0.500. The van der Waals surface area contributed by atoms with Crippen LogP contribution in [0.1, 0.15) is 11.7 Å². The third-order valence-corrected chi connectivity index (χ3v) is 3.82. The van der Waals surface area contributed by atoms with Gasteiger partial charge in [0.25, 0.3) is 6.43 Å². The first kappa shape index (κ1) is 18.6. The first-order chi connectivity index (χ1) is 14.0. The smallest absolute Gasteiger partial charge is 0.388 e. The second-order valence-corrected chi connectivity index (χ2v) is 5.71. The Morgan fingerprint density at radius 2 is 1.93 bits per heavy atom. The molecule has 2 N–H and O–H groups in total. The zero-order valence-electron chi connectivity index (χ0n) is 14.4. The van der Waals surface area contributed by atoms with E-state index >= 15 is 0 Å². The molecule has 0 aliphatic heterocycles. The molecule has 0 aliphatic carbocycles. The summed E-state index contributed by atoms with van der Waals surface area (Å²) in [6, 6.07) is 4.40. The maximum atomic E-state index is 13.8. The number of nitrogens with zero attached hydrogens (tertiary/aromatic N) is 6. The minimum atomic E-state index is -3.01. The number of alkyl halides is 4. The van der Waals surface area contributed by atoms with Crippen LogP contribution in [0.3, 0.4) is 0 Å². The van der Waals surface area contributed by atoms with Crippen molar-refractivity contribution in [2.24, 2.45) is 0 Å². The van der Waals surface area contributed by atoms with E-state index in [0.717, 1.165) is 4.68 Å².